The number of hydrogen-bond donors (Lipinski definition) is 0. The van der Waals surface area contributed by atoms with Crippen LogP contribution in [0.4, 0.5) is 0 Å². The Morgan fingerprint density at radius 3 is 1.30 bits per heavy atom. The third-order valence-electron chi connectivity index (χ3n) is 4.02. The fourth-order valence-corrected chi connectivity index (χ4v) is 2.91. The van der Waals surface area contributed by atoms with E-state index in [0.717, 1.165) is 12.8 Å². The maximum atomic E-state index is 11.4. The van der Waals surface area contributed by atoms with Crippen LogP contribution in [0.5, 0.6) is 0 Å². The van der Waals surface area contributed by atoms with Gasteiger partial charge in [0.25, 0.3) is 23.6 Å². The minimum atomic E-state index is -0.257. The number of carbonyl (C=O) groups excluding carboxylic acids is 4. The summed E-state index contributed by atoms with van der Waals surface area (Å²) in [5, 5.41) is 0. The van der Waals surface area contributed by atoms with Gasteiger partial charge in [0.15, 0.2) is 0 Å². The van der Waals surface area contributed by atoms with E-state index < -0.39 is 0 Å². The highest BCUT2D eigenvalue weighted by atomic mass is 16.2. The lowest BCUT2D eigenvalue weighted by Gasteiger charge is -2.38. The first kappa shape index (κ1) is 12.8. The van der Waals surface area contributed by atoms with E-state index in [0.29, 0.717) is 13.1 Å². The SMILES string of the molecule is O=C1C=CC(=O)N1CC1CC(CN2C(=O)C=CC2=O)C1. The van der Waals surface area contributed by atoms with Crippen LogP contribution in [0.2, 0.25) is 0 Å². The topological polar surface area (TPSA) is 74.8 Å². The number of imide groups is 2. The van der Waals surface area contributed by atoms with E-state index in [4.69, 9.17) is 0 Å². The molecule has 0 aromatic carbocycles. The summed E-state index contributed by atoms with van der Waals surface area (Å²) in [5.41, 5.74) is 0. The van der Waals surface area contributed by atoms with E-state index in [2.05, 4.69) is 0 Å². The van der Waals surface area contributed by atoms with Crippen molar-refractivity contribution in [2.24, 2.45) is 11.8 Å². The second-order valence-corrected chi connectivity index (χ2v) is 5.44. The zero-order chi connectivity index (χ0) is 14.3. The molecule has 0 unspecified atom stereocenters. The molecule has 3 aliphatic rings. The summed E-state index contributed by atoms with van der Waals surface area (Å²) >= 11 is 0. The second kappa shape index (κ2) is 4.70. The van der Waals surface area contributed by atoms with Gasteiger partial charge in [0.05, 0.1) is 0 Å². The van der Waals surface area contributed by atoms with Crippen molar-refractivity contribution in [3.8, 4) is 0 Å². The van der Waals surface area contributed by atoms with Crippen LogP contribution in [0.15, 0.2) is 24.3 Å². The van der Waals surface area contributed by atoms with Crippen LogP contribution in [-0.4, -0.2) is 46.5 Å². The zero-order valence-electron chi connectivity index (χ0n) is 10.8. The Labute approximate surface area is 115 Å². The van der Waals surface area contributed by atoms with Crippen LogP contribution in [0, 0.1) is 11.8 Å². The first-order valence-corrected chi connectivity index (χ1v) is 6.61. The van der Waals surface area contributed by atoms with Crippen molar-refractivity contribution in [2.45, 2.75) is 12.8 Å². The van der Waals surface area contributed by atoms with E-state index in [1.807, 2.05) is 0 Å². The third-order valence-corrected chi connectivity index (χ3v) is 4.02. The van der Waals surface area contributed by atoms with E-state index in [-0.39, 0.29) is 35.5 Å². The van der Waals surface area contributed by atoms with Crippen LogP contribution in [0.3, 0.4) is 0 Å². The third kappa shape index (κ3) is 2.17. The van der Waals surface area contributed by atoms with Crippen molar-refractivity contribution < 1.29 is 19.2 Å². The van der Waals surface area contributed by atoms with Gasteiger partial charge < -0.3 is 0 Å². The molecule has 20 heavy (non-hydrogen) atoms. The molecule has 0 radical (unpaired) electrons. The molecule has 0 N–H and O–H groups in total. The predicted molar refractivity (Wildman–Crippen MR) is 67.9 cm³/mol. The predicted octanol–water partition coefficient (Wildman–Crippen LogP) is -0.137. The van der Waals surface area contributed by atoms with E-state index in [9.17, 15) is 19.2 Å². The number of hydrogen-bond acceptors (Lipinski definition) is 4. The minimum Gasteiger partial charge on any atom is -0.275 e. The maximum absolute atomic E-state index is 11.4. The molecular weight excluding hydrogens is 260 g/mol. The Kier molecular flexibility index (Phi) is 3.00. The zero-order valence-corrected chi connectivity index (χ0v) is 10.8. The summed E-state index contributed by atoms with van der Waals surface area (Å²) in [6.45, 7) is 0.864. The standard InChI is InChI=1S/C14H14N2O4/c17-11-1-2-12(18)15(11)7-9-5-10(6-9)8-16-13(19)3-4-14(16)20/h1-4,9-10H,5-8H2. The van der Waals surface area contributed by atoms with Gasteiger partial charge in [-0.15, -0.1) is 0 Å². The molecule has 0 bridgehead atoms. The van der Waals surface area contributed by atoms with Crippen LogP contribution >= 0.6 is 0 Å². The number of amides is 4. The summed E-state index contributed by atoms with van der Waals surface area (Å²) in [6.07, 6.45) is 6.79. The van der Waals surface area contributed by atoms with Crippen LogP contribution in [-0.2, 0) is 19.2 Å². The number of rotatable bonds is 4. The van der Waals surface area contributed by atoms with Crippen LogP contribution in [0.1, 0.15) is 12.8 Å². The molecule has 1 aliphatic carbocycles. The Morgan fingerprint density at radius 1 is 0.700 bits per heavy atom. The number of nitrogens with zero attached hydrogens (tertiary/aromatic N) is 2. The Morgan fingerprint density at radius 2 is 1.00 bits per heavy atom. The van der Waals surface area contributed by atoms with Crippen molar-refractivity contribution in [1.82, 2.24) is 9.80 Å². The molecule has 1 fully saturated rings. The normalized spacial score (nSPS) is 28.8. The van der Waals surface area contributed by atoms with Crippen LogP contribution < -0.4 is 0 Å². The van der Waals surface area contributed by atoms with Gasteiger partial charge >= 0.3 is 0 Å². The van der Waals surface area contributed by atoms with Gasteiger partial charge in [-0.25, -0.2) is 0 Å². The number of carbonyl (C=O) groups is 4. The molecule has 104 valence electrons. The van der Waals surface area contributed by atoms with Crippen molar-refractivity contribution in [3.05, 3.63) is 24.3 Å². The monoisotopic (exact) mass is 274 g/mol. The largest absolute Gasteiger partial charge is 0.275 e. The lowest BCUT2D eigenvalue weighted by atomic mass is 9.74. The van der Waals surface area contributed by atoms with Crippen molar-refractivity contribution in [3.63, 3.8) is 0 Å². The first-order valence-electron chi connectivity index (χ1n) is 6.61. The van der Waals surface area contributed by atoms with Gasteiger partial charge in [0, 0.05) is 37.4 Å². The minimum absolute atomic E-state index is 0.257. The highest BCUT2D eigenvalue weighted by Gasteiger charge is 2.37. The molecule has 4 amide bonds. The van der Waals surface area contributed by atoms with Gasteiger partial charge in [-0.3, -0.25) is 29.0 Å². The summed E-state index contributed by atoms with van der Waals surface area (Å²) in [7, 11) is 0. The smallest absolute Gasteiger partial charge is 0.253 e. The van der Waals surface area contributed by atoms with Crippen molar-refractivity contribution in [1.29, 1.82) is 0 Å². The Bertz CT molecular complexity index is 474. The molecule has 0 saturated heterocycles. The summed E-state index contributed by atoms with van der Waals surface area (Å²) in [5.74, 6) is -0.484. The fourth-order valence-electron chi connectivity index (χ4n) is 2.91. The first-order chi connectivity index (χ1) is 9.54. The molecule has 0 atom stereocenters. The fraction of sp³-hybridized carbons (Fsp3) is 0.429. The highest BCUT2D eigenvalue weighted by molar-refractivity contribution is 6.13. The van der Waals surface area contributed by atoms with Gasteiger partial charge in [0.1, 0.15) is 0 Å². The lowest BCUT2D eigenvalue weighted by Crippen LogP contribution is -2.44. The molecule has 6 heteroatoms. The Balaban J connectivity index is 1.45. The molecule has 0 aromatic heterocycles. The second-order valence-electron chi connectivity index (χ2n) is 5.44. The maximum Gasteiger partial charge on any atom is 0.253 e. The van der Waals surface area contributed by atoms with E-state index in [1.165, 1.54) is 34.1 Å². The summed E-state index contributed by atoms with van der Waals surface area (Å²) in [6, 6.07) is 0. The van der Waals surface area contributed by atoms with E-state index in [1.54, 1.807) is 0 Å². The average molecular weight is 274 g/mol. The molecule has 2 aliphatic heterocycles. The molecule has 0 spiro atoms. The van der Waals surface area contributed by atoms with Gasteiger partial charge in [0.2, 0.25) is 0 Å². The average Bonchev–Trinajstić information content (AvgIpc) is 2.84. The Hall–Kier alpha value is -2.24. The molecular formula is C14H14N2O4. The van der Waals surface area contributed by atoms with Gasteiger partial charge in [-0.05, 0) is 24.7 Å². The van der Waals surface area contributed by atoms with Gasteiger partial charge in [-0.2, -0.15) is 0 Å². The molecule has 2 heterocycles. The van der Waals surface area contributed by atoms with Gasteiger partial charge in [-0.1, -0.05) is 0 Å². The molecule has 3 rings (SSSR count). The van der Waals surface area contributed by atoms with Crippen LogP contribution in [0.25, 0.3) is 0 Å². The molecule has 1 saturated carbocycles. The van der Waals surface area contributed by atoms with Crippen molar-refractivity contribution >= 4 is 23.6 Å². The lowest BCUT2D eigenvalue weighted by molar-refractivity contribution is -0.138. The summed E-state index contributed by atoms with van der Waals surface area (Å²) < 4.78 is 0. The van der Waals surface area contributed by atoms with Crippen molar-refractivity contribution in [2.75, 3.05) is 13.1 Å². The molecule has 0 aromatic rings. The molecule has 6 nitrogen and oxygen atoms in total. The van der Waals surface area contributed by atoms with E-state index >= 15 is 0 Å². The quantitative estimate of drug-likeness (QED) is 0.669. The summed E-state index contributed by atoms with van der Waals surface area (Å²) in [4.78, 5) is 48.2. The highest BCUT2D eigenvalue weighted by Crippen LogP contribution is 2.35.